The van der Waals surface area contributed by atoms with Gasteiger partial charge in [0.15, 0.2) is 17.3 Å². The molecule has 0 saturated carbocycles. The maximum absolute atomic E-state index is 12.6. The highest BCUT2D eigenvalue weighted by Gasteiger charge is 2.39. The van der Waals surface area contributed by atoms with E-state index >= 15 is 0 Å². The second kappa shape index (κ2) is 6.94. The molecule has 1 saturated heterocycles. The van der Waals surface area contributed by atoms with Gasteiger partial charge in [-0.3, -0.25) is 9.59 Å². The molecule has 0 N–H and O–H groups in total. The summed E-state index contributed by atoms with van der Waals surface area (Å²) in [5.41, 5.74) is -0.222. The van der Waals surface area contributed by atoms with Gasteiger partial charge in [0, 0.05) is 19.5 Å². The lowest BCUT2D eigenvalue weighted by atomic mass is 9.87. The van der Waals surface area contributed by atoms with Gasteiger partial charge in [-0.05, 0) is 38.3 Å². The standard InChI is InChI=1S/C19H25NO5/c1-19(9-8-16(22)20-10-4-5-11-20)12-14(21)13-6-7-15(23-2)18(24-3)17(13)25-19/h6-7H,4-5,8-12H2,1-3H3. The third-order valence-electron chi connectivity index (χ3n) is 5.01. The van der Waals surface area contributed by atoms with Gasteiger partial charge in [0.1, 0.15) is 5.60 Å². The number of likely N-dealkylation sites (tertiary alicyclic amines) is 1. The van der Waals surface area contributed by atoms with Crippen molar-refractivity contribution >= 4 is 11.7 Å². The van der Waals surface area contributed by atoms with Crippen LogP contribution in [-0.4, -0.2) is 49.5 Å². The minimum Gasteiger partial charge on any atom is -0.493 e. The maximum Gasteiger partial charge on any atom is 0.222 e. The van der Waals surface area contributed by atoms with Gasteiger partial charge in [0.2, 0.25) is 11.7 Å². The highest BCUT2D eigenvalue weighted by Crippen LogP contribution is 2.46. The van der Waals surface area contributed by atoms with Crippen molar-refractivity contribution in [2.75, 3.05) is 27.3 Å². The Hall–Kier alpha value is -2.24. The average molecular weight is 347 g/mol. The van der Waals surface area contributed by atoms with Gasteiger partial charge in [-0.1, -0.05) is 0 Å². The minimum absolute atomic E-state index is 0.00155. The van der Waals surface area contributed by atoms with Gasteiger partial charge >= 0.3 is 0 Å². The van der Waals surface area contributed by atoms with E-state index in [1.165, 1.54) is 7.11 Å². The minimum atomic E-state index is -0.723. The Morgan fingerprint density at radius 3 is 2.60 bits per heavy atom. The first-order valence-electron chi connectivity index (χ1n) is 8.72. The van der Waals surface area contributed by atoms with E-state index in [2.05, 4.69) is 0 Å². The van der Waals surface area contributed by atoms with E-state index in [-0.39, 0.29) is 18.1 Å². The van der Waals surface area contributed by atoms with Crippen LogP contribution in [0.15, 0.2) is 12.1 Å². The molecule has 6 heteroatoms. The summed E-state index contributed by atoms with van der Waals surface area (Å²) >= 11 is 0. The third-order valence-corrected chi connectivity index (χ3v) is 5.01. The lowest BCUT2D eigenvalue weighted by Crippen LogP contribution is -2.40. The Morgan fingerprint density at radius 2 is 1.96 bits per heavy atom. The summed E-state index contributed by atoms with van der Waals surface area (Å²) < 4.78 is 16.9. The molecule has 1 unspecified atom stereocenters. The number of rotatable bonds is 5. The molecule has 2 aliphatic rings. The van der Waals surface area contributed by atoms with E-state index in [1.54, 1.807) is 19.2 Å². The van der Waals surface area contributed by atoms with Crippen LogP contribution >= 0.6 is 0 Å². The third kappa shape index (κ3) is 3.43. The zero-order valence-electron chi connectivity index (χ0n) is 15.1. The fraction of sp³-hybridized carbons (Fsp3) is 0.579. The smallest absolute Gasteiger partial charge is 0.222 e. The molecule has 6 nitrogen and oxygen atoms in total. The van der Waals surface area contributed by atoms with Crippen LogP contribution in [0.25, 0.3) is 0 Å². The van der Waals surface area contributed by atoms with Crippen LogP contribution in [0.5, 0.6) is 17.2 Å². The zero-order chi connectivity index (χ0) is 18.0. The molecule has 1 amide bonds. The Balaban J connectivity index is 1.78. The number of carbonyl (C=O) groups excluding carboxylic acids is 2. The van der Waals surface area contributed by atoms with Gasteiger partial charge in [0.25, 0.3) is 0 Å². The Morgan fingerprint density at radius 1 is 1.24 bits per heavy atom. The first kappa shape index (κ1) is 17.6. The number of amides is 1. The molecular formula is C19H25NO5. The molecule has 2 aliphatic heterocycles. The fourth-order valence-corrected chi connectivity index (χ4v) is 3.57. The van der Waals surface area contributed by atoms with E-state index in [0.29, 0.717) is 35.7 Å². The number of hydrogen-bond acceptors (Lipinski definition) is 5. The number of benzene rings is 1. The first-order valence-corrected chi connectivity index (χ1v) is 8.72. The van der Waals surface area contributed by atoms with Crippen molar-refractivity contribution in [2.24, 2.45) is 0 Å². The van der Waals surface area contributed by atoms with Crippen LogP contribution in [0.4, 0.5) is 0 Å². The van der Waals surface area contributed by atoms with Crippen LogP contribution in [-0.2, 0) is 4.79 Å². The van der Waals surface area contributed by atoms with Crippen LogP contribution in [0.1, 0.15) is 49.4 Å². The van der Waals surface area contributed by atoms with Crippen molar-refractivity contribution in [3.63, 3.8) is 0 Å². The molecule has 0 spiro atoms. The molecule has 3 rings (SSSR count). The summed E-state index contributed by atoms with van der Waals surface area (Å²) in [4.78, 5) is 26.8. The molecule has 2 heterocycles. The summed E-state index contributed by atoms with van der Waals surface area (Å²) in [6, 6.07) is 3.41. The Kier molecular flexibility index (Phi) is 4.88. The van der Waals surface area contributed by atoms with Crippen LogP contribution in [0.2, 0.25) is 0 Å². The van der Waals surface area contributed by atoms with Crippen LogP contribution < -0.4 is 14.2 Å². The summed E-state index contributed by atoms with van der Waals surface area (Å²) in [5.74, 6) is 1.49. The lowest BCUT2D eigenvalue weighted by molar-refractivity contribution is -0.131. The SMILES string of the molecule is COc1ccc2c(c1OC)OC(C)(CCC(=O)N1CCCC1)CC2=O. The molecule has 0 bridgehead atoms. The van der Waals surface area contributed by atoms with Gasteiger partial charge < -0.3 is 19.1 Å². The number of nitrogens with zero attached hydrogens (tertiary/aromatic N) is 1. The molecule has 0 radical (unpaired) electrons. The second-order valence-corrected chi connectivity index (χ2v) is 6.92. The number of carbonyl (C=O) groups is 2. The van der Waals surface area contributed by atoms with Gasteiger partial charge in [-0.25, -0.2) is 0 Å². The van der Waals surface area contributed by atoms with Crippen LogP contribution in [0.3, 0.4) is 0 Å². The molecule has 0 aliphatic carbocycles. The van der Waals surface area contributed by atoms with E-state index < -0.39 is 5.60 Å². The van der Waals surface area contributed by atoms with Crippen molar-refractivity contribution in [1.29, 1.82) is 0 Å². The highest BCUT2D eigenvalue weighted by atomic mass is 16.5. The number of hydrogen-bond donors (Lipinski definition) is 0. The molecule has 0 aromatic heterocycles. The quantitative estimate of drug-likeness (QED) is 0.819. The fourth-order valence-electron chi connectivity index (χ4n) is 3.57. The average Bonchev–Trinajstić information content (AvgIpc) is 3.13. The predicted molar refractivity (Wildman–Crippen MR) is 92.6 cm³/mol. The zero-order valence-corrected chi connectivity index (χ0v) is 15.1. The van der Waals surface area contributed by atoms with Gasteiger partial charge in [-0.2, -0.15) is 0 Å². The summed E-state index contributed by atoms with van der Waals surface area (Å²) in [5, 5.41) is 0. The van der Waals surface area contributed by atoms with Crippen molar-refractivity contribution in [3.05, 3.63) is 17.7 Å². The van der Waals surface area contributed by atoms with Gasteiger partial charge in [0.05, 0.1) is 26.2 Å². The largest absolute Gasteiger partial charge is 0.493 e. The lowest BCUT2D eigenvalue weighted by Gasteiger charge is -2.36. The van der Waals surface area contributed by atoms with E-state index in [9.17, 15) is 9.59 Å². The molecule has 1 atom stereocenters. The molecule has 1 aromatic carbocycles. The van der Waals surface area contributed by atoms with Crippen LogP contribution in [0, 0.1) is 0 Å². The Labute approximate surface area is 148 Å². The van der Waals surface area contributed by atoms with Crippen molar-refractivity contribution in [1.82, 2.24) is 4.90 Å². The number of fused-ring (bicyclic) bond motifs is 1. The van der Waals surface area contributed by atoms with E-state index in [0.717, 1.165) is 25.9 Å². The topological polar surface area (TPSA) is 65.1 Å². The number of Topliss-reactive ketones (excluding diaryl/α,β-unsaturated/α-hetero) is 1. The second-order valence-electron chi connectivity index (χ2n) is 6.92. The molecule has 25 heavy (non-hydrogen) atoms. The van der Waals surface area contributed by atoms with Gasteiger partial charge in [-0.15, -0.1) is 0 Å². The predicted octanol–water partition coefficient (Wildman–Crippen LogP) is 2.83. The first-order chi connectivity index (χ1) is 12.0. The van der Waals surface area contributed by atoms with E-state index in [1.807, 2.05) is 11.8 Å². The maximum atomic E-state index is 12.6. The summed E-state index contributed by atoms with van der Waals surface area (Å²) in [6.45, 7) is 3.55. The molecule has 1 aromatic rings. The number of methoxy groups -OCH3 is 2. The summed E-state index contributed by atoms with van der Waals surface area (Å²) in [7, 11) is 3.07. The number of ketones is 1. The molecular weight excluding hydrogens is 322 g/mol. The Bertz CT molecular complexity index is 681. The normalized spacial score (nSPS) is 22.4. The van der Waals surface area contributed by atoms with Crippen molar-refractivity contribution in [3.8, 4) is 17.2 Å². The molecule has 136 valence electrons. The van der Waals surface area contributed by atoms with Crippen molar-refractivity contribution < 1.29 is 23.8 Å². The highest BCUT2D eigenvalue weighted by molar-refractivity contribution is 6.01. The molecule has 1 fully saturated rings. The van der Waals surface area contributed by atoms with Crippen molar-refractivity contribution in [2.45, 2.75) is 44.6 Å². The van der Waals surface area contributed by atoms with E-state index in [4.69, 9.17) is 14.2 Å². The number of ether oxygens (including phenoxy) is 3. The monoisotopic (exact) mass is 347 g/mol. The summed E-state index contributed by atoms with van der Waals surface area (Å²) in [6.07, 6.45) is 3.27.